The van der Waals surface area contributed by atoms with E-state index >= 15 is 0 Å². The lowest BCUT2D eigenvalue weighted by atomic mass is 9.77. The van der Waals surface area contributed by atoms with Gasteiger partial charge in [-0.05, 0) is 31.4 Å². The van der Waals surface area contributed by atoms with Crippen LogP contribution >= 0.6 is 0 Å². The Balaban J connectivity index is 2.28. The molecule has 0 radical (unpaired) electrons. The highest BCUT2D eigenvalue weighted by molar-refractivity contribution is 6.03. The fourth-order valence-corrected chi connectivity index (χ4v) is 2.38. The number of pyridine rings is 1. The van der Waals surface area contributed by atoms with Gasteiger partial charge in [-0.1, -0.05) is 19.3 Å². The van der Waals surface area contributed by atoms with Crippen molar-refractivity contribution in [2.45, 2.75) is 44.6 Å². The summed E-state index contributed by atoms with van der Waals surface area (Å²) in [5.41, 5.74) is 7.23. The third-order valence-electron chi connectivity index (χ3n) is 3.48. The van der Waals surface area contributed by atoms with Gasteiger partial charge in [-0.15, -0.1) is 0 Å². The maximum absolute atomic E-state index is 12.4. The fraction of sp³-hybridized carbons (Fsp3) is 0.538. The van der Waals surface area contributed by atoms with E-state index in [1.165, 1.54) is 6.42 Å². The third kappa shape index (κ3) is 2.00. The summed E-state index contributed by atoms with van der Waals surface area (Å²) in [7, 11) is 0. The molecule has 86 valence electrons. The molecule has 0 atom stereocenters. The summed E-state index contributed by atoms with van der Waals surface area (Å²) in [6, 6.07) is 1.86. The van der Waals surface area contributed by atoms with Crippen LogP contribution in [0.15, 0.2) is 18.5 Å². The Kier molecular flexibility index (Phi) is 3.06. The van der Waals surface area contributed by atoms with Crippen LogP contribution in [-0.4, -0.2) is 16.3 Å². The molecule has 1 aliphatic carbocycles. The van der Waals surface area contributed by atoms with E-state index in [9.17, 15) is 4.79 Å². The number of hydrogen-bond donors (Lipinski definition) is 1. The van der Waals surface area contributed by atoms with E-state index in [1.807, 2.05) is 13.0 Å². The minimum absolute atomic E-state index is 0.0674. The van der Waals surface area contributed by atoms with Crippen LogP contribution in [0.1, 0.15) is 48.0 Å². The Labute approximate surface area is 96.1 Å². The van der Waals surface area contributed by atoms with Crippen LogP contribution in [0, 0.1) is 6.92 Å². The molecule has 1 aromatic heterocycles. The second-order valence-corrected chi connectivity index (χ2v) is 4.74. The van der Waals surface area contributed by atoms with Gasteiger partial charge in [-0.2, -0.15) is 0 Å². The van der Waals surface area contributed by atoms with E-state index < -0.39 is 5.54 Å². The Bertz CT molecular complexity index is 395. The number of aryl methyl sites for hydroxylation is 1. The Morgan fingerprint density at radius 2 is 2.06 bits per heavy atom. The molecule has 0 bridgehead atoms. The molecule has 0 saturated heterocycles. The maximum Gasteiger partial charge on any atom is 0.184 e. The highest BCUT2D eigenvalue weighted by atomic mass is 16.1. The van der Waals surface area contributed by atoms with E-state index in [2.05, 4.69) is 4.98 Å². The molecular formula is C13H18N2O. The zero-order valence-electron chi connectivity index (χ0n) is 9.70. The number of aromatic nitrogens is 1. The normalized spacial score (nSPS) is 19.4. The largest absolute Gasteiger partial charge is 0.319 e. The highest BCUT2D eigenvalue weighted by Crippen LogP contribution is 2.29. The number of nitrogens with zero attached hydrogens (tertiary/aromatic N) is 1. The first-order valence-electron chi connectivity index (χ1n) is 5.88. The number of nitrogens with two attached hydrogens (primary N) is 1. The number of Topliss-reactive ketones (excluding diaryl/α,β-unsaturated/α-hetero) is 1. The molecule has 3 nitrogen and oxygen atoms in total. The second-order valence-electron chi connectivity index (χ2n) is 4.74. The van der Waals surface area contributed by atoms with Crippen LogP contribution in [0.3, 0.4) is 0 Å². The Morgan fingerprint density at radius 1 is 1.38 bits per heavy atom. The van der Waals surface area contributed by atoms with Gasteiger partial charge in [-0.25, -0.2) is 0 Å². The van der Waals surface area contributed by atoms with Crippen molar-refractivity contribution in [2.75, 3.05) is 0 Å². The van der Waals surface area contributed by atoms with Gasteiger partial charge in [0.15, 0.2) is 5.78 Å². The number of carbonyl (C=O) groups is 1. The summed E-state index contributed by atoms with van der Waals surface area (Å²) >= 11 is 0. The van der Waals surface area contributed by atoms with Crippen molar-refractivity contribution in [3.8, 4) is 0 Å². The molecule has 1 fully saturated rings. The van der Waals surface area contributed by atoms with Gasteiger partial charge < -0.3 is 5.73 Å². The molecule has 16 heavy (non-hydrogen) atoms. The first kappa shape index (κ1) is 11.3. The van der Waals surface area contributed by atoms with Gasteiger partial charge in [0.2, 0.25) is 0 Å². The predicted octanol–water partition coefficient (Wildman–Crippen LogP) is 2.23. The predicted molar refractivity (Wildman–Crippen MR) is 63.3 cm³/mol. The van der Waals surface area contributed by atoms with E-state index in [-0.39, 0.29) is 5.78 Å². The summed E-state index contributed by atoms with van der Waals surface area (Å²) in [6.07, 6.45) is 8.26. The number of carbonyl (C=O) groups excluding carboxylic acids is 1. The van der Waals surface area contributed by atoms with Gasteiger partial charge in [-0.3, -0.25) is 9.78 Å². The molecule has 2 N–H and O–H groups in total. The van der Waals surface area contributed by atoms with Crippen molar-refractivity contribution < 1.29 is 4.79 Å². The summed E-state index contributed by atoms with van der Waals surface area (Å²) in [5.74, 6) is 0.0674. The third-order valence-corrected chi connectivity index (χ3v) is 3.48. The van der Waals surface area contributed by atoms with Crippen molar-refractivity contribution in [3.05, 3.63) is 29.6 Å². The summed E-state index contributed by atoms with van der Waals surface area (Å²) in [4.78, 5) is 16.4. The number of hydrogen-bond acceptors (Lipinski definition) is 3. The average molecular weight is 218 g/mol. The summed E-state index contributed by atoms with van der Waals surface area (Å²) < 4.78 is 0. The number of rotatable bonds is 2. The van der Waals surface area contributed by atoms with Gasteiger partial charge in [0.1, 0.15) is 0 Å². The smallest absolute Gasteiger partial charge is 0.184 e. The topological polar surface area (TPSA) is 56.0 Å². The molecule has 1 saturated carbocycles. The molecule has 1 heterocycles. The zero-order chi connectivity index (χ0) is 11.6. The minimum Gasteiger partial charge on any atom is -0.319 e. The van der Waals surface area contributed by atoms with E-state index in [4.69, 9.17) is 5.73 Å². The van der Waals surface area contributed by atoms with E-state index in [0.29, 0.717) is 5.56 Å². The molecule has 0 aromatic carbocycles. The molecule has 0 amide bonds. The fourth-order valence-electron chi connectivity index (χ4n) is 2.38. The lowest BCUT2D eigenvalue weighted by Gasteiger charge is -2.32. The van der Waals surface area contributed by atoms with Crippen molar-refractivity contribution in [2.24, 2.45) is 5.73 Å². The lowest BCUT2D eigenvalue weighted by molar-refractivity contribution is 0.0847. The molecule has 0 unspecified atom stereocenters. The van der Waals surface area contributed by atoms with Crippen molar-refractivity contribution >= 4 is 5.78 Å². The van der Waals surface area contributed by atoms with E-state index in [0.717, 1.165) is 31.2 Å². The van der Waals surface area contributed by atoms with Crippen LogP contribution in [0.5, 0.6) is 0 Å². The number of ketones is 1. The van der Waals surface area contributed by atoms with E-state index in [1.54, 1.807) is 12.4 Å². The molecule has 1 aliphatic rings. The monoisotopic (exact) mass is 218 g/mol. The van der Waals surface area contributed by atoms with Crippen LogP contribution in [0.4, 0.5) is 0 Å². The molecule has 2 rings (SSSR count). The van der Waals surface area contributed by atoms with Gasteiger partial charge >= 0.3 is 0 Å². The van der Waals surface area contributed by atoms with Gasteiger partial charge in [0.25, 0.3) is 0 Å². The highest BCUT2D eigenvalue weighted by Gasteiger charge is 2.36. The van der Waals surface area contributed by atoms with Crippen LogP contribution in [0.2, 0.25) is 0 Å². The zero-order valence-corrected chi connectivity index (χ0v) is 9.70. The Hall–Kier alpha value is -1.22. The molecular weight excluding hydrogens is 200 g/mol. The quantitative estimate of drug-likeness (QED) is 0.774. The van der Waals surface area contributed by atoms with Gasteiger partial charge in [0.05, 0.1) is 5.54 Å². The van der Waals surface area contributed by atoms with Crippen molar-refractivity contribution in [3.63, 3.8) is 0 Å². The molecule has 1 aromatic rings. The van der Waals surface area contributed by atoms with Crippen molar-refractivity contribution in [1.82, 2.24) is 4.98 Å². The first-order valence-corrected chi connectivity index (χ1v) is 5.88. The first-order chi connectivity index (χ1) is 7.63. The standard InChI is InChI=1S/C13H18N2O/c1-10-5-8-15-9-11(10)12(16)13(14)6-3-2-4-7-13/h5,8-9H,2-4,6-7,14H2,1H3. The molecule has 0 spiro atoms. The van der Waals surface area contributed by atoms with Crippen molar-refractivity contribution in [1.29, 1.82) is 0 Å². The maximum atomic E-state index is 12.4. The summed E-state index contributed by atoms with van der Waals surface area (Å²) in [6.45, 7) is 1.93. The van der Waals surface area contributed by atoms with Crippen LogP contribution in [-0.2, 0) is 0 Å². The molecule has 0 aliphatic heterocycles. The second kappa shape index (κ2) is 4.34. The Morgan fingerprint density at radius 3 is 2.69 bits per heavy atom. The molecule has 3 heteroatoms. The SMILES string of the molecule is Cc1ccncc1C(=O)C1(N)CCCCC1. The van der Waals surface area contributed by atoms with Crippen LogP contribution < -0.4 is 5.73 Å². The minimum atomic E-state index is -0.647. The van der Waals surface area contributed by atoms with Gasteiger partial charge in [0, 0.05) is 18.0 Å². The lowest BCUT2D eigenvalue weighted by Crippen LogP contribution is -2.49. The average Bonchev–Trinajstić information content (AvgIpc) is 2.30. The van der Waals surface area contributed by atoms with Crippen LogP contribution in [0.25, 0.3) is 0 Å². The summed E-state index contributed by atoms with van der Waals surface area (Å²) in [5, 5.41) is 0.